The SMILES string of the molecule is Cc1nc(NC[C@@H](C)O)ccc1-n1c2ccc(F)cc2c2[nH]ncc21. The number of aliphatic hydroxyl groups is 1. The van der Waals surface area contributed by atoms with Crippen LogP contribution in [-0.2, 0) is 0 Å². The molecule has 0 unspecified atom stereocenters. The van der Waals surface area contributed by atoms with E-state index in [1.54, 1.807) is 19.2 Å². The van der Waals surface area contributed by atoms with Gasteiger partial charge in [-0.25, -0.2) is 9.37 Å². The van der Waals surface area contributed by atoms with Crippen molar-refractivity contribution in [2.45, 2.75) is 20.0 Å². The summed E-state index contributed by atoms with van der Waals surface area (Å²) in [6.45, 7) is 4.07. The molecular formula is C18H18FN5O. The fraction of sp³-hybridized carbons (Fsp3) is 0.222. The summed E-state index contributed by atoms with van der Waals surface area (Å²) in [5.74, 6) is 0.418. The van der Waals surface area contributed by atoms with E-state index in [1.807, 2.05) is 23.6 Å². The predicted molar refractivity (Wildman–Crippen MR) is 95.6 cm³/mol. The second kappa shape index (κ2) is 5.86. The van der Waals surface area contributed by atoms with E-state index >= 15 is 0 Å². The highest BCUT2D eigenvalue weighted by molar-refractivity contribution is 6.06. The first-order valence-electron chi connectivity index (χ1n) is 8.07. The summed E-state index contributed by atoms with van der Waals surface area (Å²) in [6.07, 6.45) is 1.28. The molecule has 4 aromatic rings. The molecule has 0 aliphatic heterocycles. The van der Waals surface area contributed by atoms with Gasteiger partial charge in [-0.2, -0.15) is 5.10 Å². The number of pyridine rings is 1. The molecule has 3 heterocycles. The quantitative estimate of drug-likeness (QED) is 0.534. The van der Waals surface area contributed by atoms with E-state index in [1.165, 1.54) is 12.1 Å². The molecule has 0 bridgehead atoms. The molecule has 0 aliphatic rings. The number of aromatic nitrogens is 4. The largest absolute Gasteiger partial charge is 0.392 e. The Bertz CT molecular complexity index is 1070. The lowest BCUT2D eigenvalue weighted by Gasteiger charge is -2.13. The first-order valence-corrected chi connectivity index (χ1v) is 8.07. The number of nitrogens with zero attached hydrogens (tertiary/aromatic N) is 3. The van der Waals surface area contributed by atoms with E-state index in [9.17, 15) is 9.50 Å². The van der Waals surface area contributed by atoms with Gasteiger partial charge in [-0.3, -0.25) is 5.10 Å². The monoisotopic (exact) mass is 339 g/mol. The van der Waals surface area contributed by atoms with E-state index in [0.717, 1.165) is 33.3 Å². The van der Waals surface area contributed by atoms with Gasteiger partial charge in [-0.15, -0.1) is 0 Å². The maximum atomic E-state index is 13.7. The minimum atomic E-state index is -0.448. The third-order valence-electron chi connectivity index (χ3n) is 4.21. The fourth-order valence-corrected chi connectivity index (χ4v) is 3.08. The third-order valence-corrected chi connectivity index (χ3v) is 4.21. The summed E-state index contributed by atoms with van der Waals surface area (Å²) in [5.41, 5.74) is 4.27. The number of hydrogen-bond donors (Lipinski definition) is 3. The van der Waals surface area contributed by atoms with Crippen LogP contribution in [0.15, 0.2) is 36.5 Å². The highest BCUT2D eigenvalue weighted by atomic mass is 19.1. The van der Waals surface area contributed by atoms with Crippen LogP contribution < -0.4 is 5.32 Å². The van der Waals surface area contributed by atoms with Gasteiger partial charge in [0.05, 0.1) is 40.2 Å². The Balaban J connectivity index is 1.87. The van der Waals surface area contributed by atoms with Gasteiger partial charge in [0, 0.05) is 11.9 Å². The second-order valence-corrected chi connectivity index (χ2v) is 6.16. The maximum Gasteiger partial charge on any atom is 0.126 e. The van der Waals surface area contributed by atoms with Crippen molar-refractivity contribution in [2.24, 2.45) is 0 Å². The van der Waals surface area contributed by atoms with Crippen molar-refractivity contribution in [2.75, 3.05) is 11.9 Å². The summed E-state index contributed by atoms with van der Waals surface area (Å²) in [6, 6.07) is 8.55. The van der Waals surface area contributed by atoms with Gasteiger partial charge in [-0.05, 0) is 44.2 Å². The minimum absolute atomic E-state index is 0.284. The van der Waals surface area contributed by atoms with Gasteiger partial charge in [0.25, 0.3) is 0 Å². The number of anilines is 1. The summed E-state index contributed by atoms with van der Waals surface area (Å²) >= 11 is 0. The number of rotatable bonds is 4. The van der Waals surface area contributed by atoms with Crippen molar-refractivity contribution in [3.05, 3.63) is 48.0 Å². The van der Waals surface area contributed by atoms with Gasteiger partial charge in [0.2, 0.25) is 0 Å². The Hall–Kier alpha value is -2.93. The molecule has 128 valence electrons. The number of aromatic amines is 1. The van der Waals surface area contributed by atoms with Crippen LogP contribution in [0.25, 0.3) is 27.6 Å². The lowest BCUT2D eigenvalue weighted by atomic mass is 10.2. The third kappa shape index (κ3) is 2.62. The molecule has 0 radical (unpaired) electrons. The van der Waals surface area contributed by atoms with Gasteiger partial charge in [0.15, 0.2) is 0 Å². The molecule has 1 aromatic carbocycles. The second-order valence-electron chi connectivity index (χ2n) is 6.16. The Kier molecular flexibility index (Phi) is 3.65. The summed E-state index contributed by atoms with van der Waals surface area (Å²) in [4.78, 5) is 4.57. The van der Waals surface area contributed by atoms with Gasteiger partial charge >= 0.3 is 0 Å². The minimum Gasteiger partial charge on any atom is -0.392 e. The summed E-state index contributed by atoms with van der Waals surface area (Å²) in [7, 11) is 0. The van der Waals surface area contributed by atoms with Crippen LogP contribution >= 0.6 is 0 Å². The van der Waals surface area contributed by atoms with Crippen LogP contribution in [-0.4, -0.2) is 37.5 Å². The number of aryl methyl sites for hydroxylation is 1. The molecule has 3 N–H and O–H groups in total. The van der Waals surface area contributed by atoms with Crippen molar-refractivity contribution < 1.29 is 9.50 Å². The molecule has 3 aromatic heterocycles. The number of halogens is 1. The lowest BCUT2D eigenvalue weighted by Crippen LogP contribution is -2.16. The van der Waals surface area contributed by atoms with Crippen LogP contribution in [0.3, 0.4) is 0 Å². The van der Waals surface area contributed by atoms with E-state index in [4.69, 9.17) is 0 Å². The molecule has 1 atom stereocenters. The summed E-state index contributed by atoms with van der Waals surface area (Å²) < 4.78 is 15.7. The van der Waals surface area contributed by atoms with Crippen LogP contribution in [0, 0.1) is 12.7 Å². The standard InChI is InChI=1S/C18H18FN5O/c1-10(25)8-20-17-6-5-14(11(2)22-17)24-15-4-3-12(19)7-13(15)18-16(24)9-21-23-18/h3-7,9-10,25H,8H2,1-2H3,(H,20,22)(H,21,23)/t10-/m1/s1. The number of benzene rings is 1. The Morgan fingerprint density at radius 3 is 2.88 bits per heavy atom. The van der Waals surface area contributed by atoms with E-state index in [2.05, 4.69) is 20.5 Å². The first kappa shape index (κ1) is 15.6. The Morgan fingerprint density at radius 2 is 2.12 bits per heavy atom. The highest BCUT2D eigenvalue weighted by Gasteiger charge is 2.16. The molecule has 4 rings (SSSR count). The number of H-pyrrole nitrogens is 1. The van der Waals surface area contributed by atoms with Crippen LogP contribution in [0.1, 0.15) is 12.6 Å². The average molecular weight is 339 g/mol. The van der Waals surface area contributed by atoms with Crippen LogP contribution in [0.5, 0.6) is 0 Å². The Labute approximate surface area is 143 Å². The number of aliphatic hydroxyl groups excluding tert-OH is 1. The zero-order valence-electron chi connectivity index (χ0n) is 13.9. The van der Waals surface area contributed by atoms with E-state index < -0.39 is 6.10 Å². The molecule has 25 heavy (non-hydrogen) atoms. The van der Waals surface area contributed by atoms with Gasteiger partial charge < -0.3 is 15.0 Å². The Morgan fingerprint density at radius 1 is 1.28 bits per heavy atom. The van der Waals surface area contributed by atoms with Crippen molar-refractivity contribution in [3.63, 3.8) is 0 Å². The molecule has 0 saturated carbocycles. The molecule has 0 spiro atoms. The summed E-state index contributed by atoms with van der Waals surface area (Å²) in [5, 5.41) is 20.3. The molecule has 0 saturated heterocycles. The van der Waals surface area contributed by atoms with E-state index in [-0.39, 0.29) is 5.82 Å². The number of nitrogens with one attached hydrogen (secondary N) is 2. The number of fused-ring (bicyclic) bond motifs is 3. The van der Waals surface area contributed by atoms with Crippen LogP contribution in [0.4, 0.5) is 10.2 Å². The first-order chi connectivity index (χ1) is 12.0. The van der Waals surface area contributed by atoms with Crippen molar-refractivity contribution in [3.8, 4) is 5.69 Å². The molecule has 0 aliphatic carbocycles. The average Bonchev–Trinajstić information content (AvgIpc) is 3.14. The predicted octanol–water partition coefficient (Wildman–Crippen LogP) is 3.14. The van der Waals surface area contributed by atoms with Crippen molar-refractivity contribution in [1.29, 1.82) is 0 Å². The van der Waals surface area contributed by atoms with Crippen molar-refractivity contribution in [1.82, 2.24) is 19.7 Å². The normalized spacial score (nSPS) is 12.8. The number of hydrogen-bond acceptors (Lipinski definition) is 4. The fourth-order valence-electron chi connectivity index (χ4n) is 3.08. The highest BCUT2D eigenvalue weighted by Crippen LogP contribution is 2.32. The topological polar surface area (TPSA) is 78.8 Å². The van der Waals surface area contributed by atoms with Crippen molar-refractivity contribution >= 4 is 27.8 Å². The molecule has 0 fully saturated rings. The maximum absolute atomic E-state index is 13.7. The molecule has 0 amide bonds. The van der Waals surface area contributed by atoms with Gasteiger partial charge in [0.1, 0.15) is 11.6 Å². The lowest BCUT2D eigenvalue weighted by molar-refractivity contribution is 0.208. The molecule has 6 nitrogen and oxygen atoms in total. The van der Waals surface area contributed by atoms with Gasteiger partial charge in [-0.1, -0.05) is 0 Å². The molecular weight excluding hydrogens is 321 g/mol. The smallest absolute Gasteiger partial charge is 0.126 e. The zero-order chi connectivity index (χ0) is 17.6. The molecule has 7 heteroatoms. The van der Waals surface area contributed by atoms with E-state index in [0.29, 0.717) is 12.4 Å². The van der Waals surface area contributed by atoms with Crippen LogP contribution in [0.2, 0.25) is 0 Å². The zero-order valence-corrected chi connectivity index (χ0v) is 13.9.